The number of ether oxygens (including phenoxy) is 1. The van der Waals surface area contributed by atoms with Gasteiger partial charge in [0.05, 0.1) is 30.6 Å². The fourth-order valence-electron chi connectivity index (χ4n) is 3.21. The Balaban J connectivity index is 1.86. The molecule has 0 saturated carbocycles. The highest BCUT2D eigenvalue weighted by atomic mass is 32.1. The lowest BCUT2D eigenvalue weighted by Gasteiger charge is -2.13. The number of halogens is 3. The van der Waals surface area contributed by atoms with Gasteiger partial charge in [-0.25, -0.2) is 0 Å². The van der Waals surface area contributed by atoms with Gasteiger partial charge in [-0.3, -0.25) is 0 Å². The van der Waals surface area contributed by atoms with Crippen LogP contribution in [0, 0.1) is 18.8 Å². The quantitative estimate of drug-likeness (QED) is 0.369. The van der Waals surface area contributed by atoms with Crippen molar-refractivity contribution in [1.29, 1.82) is 0 Å². The van der Waals surface area contributed by atoms with E-state index in [9.17, 15) is 17.7 Å². The summed E-state index contributed by atoms with van der Waals surface area (Å²) in [7, 11) is -0.895. The summed E-state index contributed by atoms with van der Waals surface area (Å²) in [4.78, 5) is 0.434. The van der Waals surface area contributed by atoms with Gasteiger partial charge >= 0.3 is 6.18 Å². The standard InChI is InChI=1S/C23H23F3NO2PS/c1-15-7-5-8-17-18(14-23(24,25)26)21(31-22(15)17)9-6-12-27-19-11-10-16(30(3,4)28)13-20(19)29-2/h5,7-8,10-11,13,27H,12,14H2,1-4H3. The van der Waals surface area contributed by atoms with Crippen LogP contribution in [0.3, 0.4) is 0 Å². The van der Waals surface area contributed by atoms with E-state index in [0.717, 1.165) is 10.3 Å². The van der Waals surface area contributed by atoms with E-state index in [1.807, 2.05) is 13.0 Å². The molecule has 3 nitrogen and oxygen atoms in total. The molecule has 1 heterocycles. The van der Waals surface area contributed by atoms with Crippen molar-refractivity contribution in [3.05, 3.63) is 52.4 Å². The second-order valence-corrected chi connectivity index (χ2v) is 11.8. The number of alkyl halides is 3. The number of methoxy groups -OCH3 is 1. The number of fused-ring (bicyclic) bond motifs is 1. The number of thiophene rings is 1. The van der Waals surface area contributed by atoms with E-state index < -0.39 is 19.7 Å². The number of benzene rings is 2. The molecule has 0 aliphatic carbocycles. The minimum absolute atomic E-state index is 0.226. The number of rotatable bonds is 5. The lowest BCUT2D eigenvalue weighted by molar-refractivity contribution is -0.126. The van der Waals surface area contributed by atoms with Gasteiger partial charge in [0.15, 0.2) is 0 Å². The van der Waals surface area contributed by atoms with E-state index in [2.05, 4.69) is 17.2 Å². The highest BCUT2D eigenvalue weighted by Crippen LogP contribution is 2.38. The Kier molecular flexibility index (Phi) is 6.73. The van der Waals surface area contributed by atoms with Gasteiger partial charge in [-0.1, -0.05) is 30.0 Å². The zero-order valence-corrected chi connectivity index (χ0v) is 19.4. The van der Waals surface area contributed by atoms with E-state index in [0.29, 0.717) is 27.0 Å². The zero-order chi connectivity index (χ0) is 22.8. The summed E-state index contributed by atoms with van der Waals surface area (Å²) in [5.74, 6) is 6.38. The average molecular weight is 465 g/mol. The Labute approximate surface area is 184 Å². The first-order chi connectivity index (χ1) is 14.5. The van der Waals surface area contributed by atoms with Gasteiger partial charge in [0.1, 0.15) is 12.9 Å². The maximum Gasteiger partial charge on any atom is 0.393 e. The predicted octanol–water partition coefficient (Wildman–Crippen LogP) is 6.03. The van der Waals surface area contributed by atoms with Crippen LogP contribution in [0.4, 0.5) is 18.9 Å². The Bertz CT molecular complexity index is 1220. The first kappa shape index (κ1) is 23.2. The molecule has 1 N–H and O–H groups in total. The van der Waals surface area contributed by atoms with E-state index in [4.69, 9.17) is 4.74 Å². The minimum Gasteiger partial charge on any atom is -0.495 e. The predicted molar refractivity (Wildman–Crippen MR) is 124 cm³/mol. The van der Waals surface area contributed by atoms with Gasteiger partial charge in [0.2, 0.25) is 0 Å². The first-order valence-corrected chi connectivity index (χ1v) is 13.0. The summed E-state index contributed by atoms with van der Waals surface area (Å²) in [6, 6.07) is 10.6. The van der Waals surface area contributed by atoms with Crippen LogP contribution in [-0.2, 0) is 11.0 Å². The Morgan fingerprint density at radius 1 is 1.19 bits per heavy atom. The van der Waals surface area contributed by atoms with Crippen molar-refractivity contribution in [3.8, 4) is 17.6 Å². The summed E-state index contributed by atoms with van der Waals surface area (Å²) in [6.07, 6.45) is -5.31. The molecule has 0 saturated heterocycles. The summed E-state index contributed by atoms with van der Waals surface area (Å²) in [5.41, 5.74) is 1.84. The van der Waals surface area contributed by atoms with Crippen LogP contribution in [0.5, 0.6) is 5.75 Å². The molecule has 0 atom stereocenters. The number of anilines is 1. The van der Waals surface area contributed by atoms with Gasteiger partial charge < -0.3 is 14.6 Å². The minimum atomic E-state index is -4.31. The molecule has 8 heteroatoms. The Morgan fingerprint density at radius 2 is 1.94 bits per heavy atom. The first-order valence-electron chi connectivity index (χ1n) is 9.53. The van der Waals surface area contributed by atoms with Crippen molar-refractivity contribution in [2.75, 3.05) is 32.3 Å². The summed E-state index contributed by atoms with van der Waals surface area (Å²) < 4.78 is 57.9. The lowest BCUT2D eigenvalue weighted by Crippen LogP contribution is -2.12. The van der Waals surface area contributed by atoms with Crippen LogP contribution >= 0.6 is 18.5 Å². The molecule has 0 spiro atoms. The van der Waals surface area contributed by atoms with E-state index in [-0.39, 0.29) is 12.1 Å². The van der Waals surface area contributed by atoms with E-state index in [1.165, 1.54) is 18.4 Å². The van der Waals surface area contributed by atoms with Crippen LogP contribution in [0.1, 0.15) is 16.0 Å². The van der Waals surface area contributed by atoms with Crippen LogP contribution < -0.4 is 15.4 Å². The number of hydrogen-bond acceptors (Lipinski definition) is 4. The van der Waals surface area contributed by atoms with Crippen molar-refractivity contribution >= 4 is 39.6 Å². The normalized spacial score (nSPS) is 11.8. The van der Waals surface area contributed by atoms with Crippen molar-refractivity contribution in [3.63, 3.8) is 0 Å². The van der Waals surface area contributed by atoms with E-state index in [1.54, 1.807) is 43.7 Å². The topological polar surface area (TPSA) is 38.3 Å². The van der Waals surface area contributed by atoms with Gasteiger partial charge in [0, 0.05) is 10.0 Å². The third kappa shape index (κ3) is 5.64. The van der Waals surface area contributed by atoms with E-state index >= 15 is 0 Å². The second kappa shape index (κ2) is 8.98. The number of nitrogens with one attached hydrogen (secondary N) is 1. The maximum absolute atomic E-state index is 13.1. The van der Waals surface area contributed by atoms with Crippen LogP contribution in [0.25, 0.3) is 10.1 Å². The van der Waals surface area contributed by atoms with Crippen molar-refractivity contribution in [2.45, 2.75) is 19.5 Å². The molecule has 0 fully saturated rings. The molecule has 3 aromatic rings. The molecule has 0 unspecified atom stereocenters. The average Bonchev–Trinajstić information content (AvgIpc) is 3.02. The summed E-state index contributed by atoms with van der Waals surface area (Å²) in [6.45, 7) is 5.48. The van der Waals surface area contributed by atoms with Gasteiger partial charge in [-0.2, -0.15) is 13.2 Å². The lowest BCUT2D eigenvalue weighted by atomic mass is 10.1. The van der Waals surface area contributed by atoms with Crippen molar-refractivity contribution in [1.82, 2.24) is 0 Å². The smallest absolute Gasteiger partial charge is 0.393 e. The monoisotopic (exact) mass is 465 g/mol. The van der Waals surface area contributed by atoms with Gasteiger partial charge in [-0.15, -0.1) is 11.3 Å². The zero-order valence-electron chi connectivity index (χ0n) is 17.7. The third-order valence-corrected chi connectivity index (χ3v) is 7.59. The van der Waals surface area contributed by atoms with Crippen molar-refractivity contribution < 1.29 is 22.5 Å². The molecule has 31 heavy (non-hydrogen) atoms. The highest BCUT2D eigenvalue weighted by molar-refractivity contribution is 7.70. The molecule has 1 aromatic heterocycles. The van der Waals surface area contributed by atoms with Crippen LogP contribution in [0.2, 0.25) is 0 Å². The van der Waals surface area contributed by atoms with Crippen molar-refractivity contribution in [2.24, 2.45) is 0 Å². The Hall–Kier alpha value is -2.42. The molecule has 164 valence electrons. The van der Waals surface area contributed by atoms with Crippen LogP contribution in [-0.4, -0.2) is 33.2 Å². The van der Waals surface area contributed by atoms with Gasteiger partial charge in [-0.05, 0) is 55.0 Å². The molecule has 0 amide bonds. The fraction of sp³-hybridized carbons (Fsp3) is 0.304. The molecule has 0 bridgehead atoms. The molecule has 0 aliphatic heterocycles. The number of hydrogen-bond donors (Lipinski definition) is 1. The molecule has 0 aliphatic rings. The second-order valence-electron chi connectivity index (χ2n) is 7.54. The largest absolute Gasteiger partial charge is 0.495 e. The highest BCUT2D eigenvalue weighted by Gasteiger charge is 2.30. The molecular formula is C23H23F3NO2PS. The SMILES string of the molecule is COc1cc(P(C)(C)=O)ccc1NCC#Cc1sc2c(C)cccc2c1CC(F)(F)F. The summed E-state index contributed by atoms with van der Waals surface area (Å²) in [5, 5.41) is 4.44. The van der Waals surface area contributed by atoms with Gasteiger partial charge in [0.25, 0.3) is 0 Å². The van der Waals surface area contributed by atoms with Crippen LogP contribution in [0.15, 0.2) is 36.4 Å². The Morgan fingerprint density at radius 3 is 2.58 bits per heavy atom. The summed E-state index contributed by atoms with van der Waals surface area (Å²) >= 11 is 1.29. The molecule has 2 aromatic carbocycles. The molecule has 0 radical (unpaired) electrons. The molecule has 3 rings (SSSR count). The maximum atomic E-state index is 13.1. The fourth-order valence-corrected chi connectivity index (χ4v) is 5.24. The molecular weight excluding hydrogens is 442 g/mol. The number of aryl methyl sites for hydroxylation is 1. The third-order valence-electron chi connectivity index (χ3n) is 4.77.